The molecule has 2 aliphatic rings. The standard InChI is InChI=1S/C17H28N4O.CH2O2/c1-2-22-16-9-11-19-17(20-16)18-10-8-14-6-5-13-21-12-4-3-7-15(14)21;2-1-3/h9,11,14-15H,2-8,10,12-13H2,1H3,(H,18,19,20);1H,(H,2,3)/t14-,15+;/m0./s1. The number of carbonyl (C=O) groups is 1. The lowest BCUT2D eigenvalue weighted by atomic mass is 9.82. The minimum absolute atomic E-state index is 0.250. The van der Waals surface area contributed by atoms with Gasteiger partial charge < -0.3 is 20.1 Å². The number of rotatable bonds is 6. The van der Waals surface area contributed by atoms with Crippen LogP contribution in [-0.2, 0) is 4.79 Å². The van der Waals surface area contributed by atoms with Crippen LogP contribution in [0.1, 0.15) is 45.4 Å². The Balaban J connectivity index is 0.000000701. The average Bonchev–Trinajstić information content (AvgIpc) is 2.63. The molecule has 3 heterocycles. The van der Waals surface area contributed by atoms with E-state index in [1.807, 2.05) is 6.92 Å². The number of aromatic nitrogens is 2. The van der Waals surface area contributed by atoms with E-state index >= 15 is 0 Å². The van der Waals surface area contributed by atoms with Gasteiger partial charge in [0.1, 0.15) is 0 Å². The molecular weight excluding hydrogens is 320 g/mol. The van der Waals surface area contributed by atoms with Crippen molar-refractivity contribution in [1.82, 2.24) is 14.9 Å². The van der Waals surface area contributed by atoms with E-state index < -0.39 is 0 Å². The van der Waals surface area contributed by atoms with Crippen molar-refractivity contribution in [2.45, 2.75) is 51.5 Å². The number of carboxylic acid groups (broad SMARTS) is 1. The number of piperidine rings is 2. The van der Waals surface area contributed by atoms with Crippen molar-refractivity contribution in [2.24, 2.45) is 5.92 Å². The van der Waals surface area contributed by atoms with Gasteiger partial charge in [0.2, 0.25) is 11.8 Å². The molecule has 2 atom stereocenters. The molecule has 0 amide bonds. The van der Waals surface area contributed by atoms with Gasteiger partial charge >= 0.3 is 0 Å². The zero-order valence-corrected chi connectivity index (χ0v) is 15.1. The molecule has 25 heavy (non-hydrogen) atoms. The predicted octanol–water partition coefficient (Wildman–Crippen LogP) is 2.64. The van der Waals surface area contributed by atoms with Crippen molar-refractivity contribution >= 4 is 12.4 Å². The zero-order valence-electron chi connectivity index (χ0n) is 15.1. The lowest BCUT2D eigenvalue weighted by Gasteiger charge is -2.44. The van der Waals surface area contributed by atoms with E-state index in [1.54, 1.807) is 12.3 Å². The molecule has 0 aliphatic carbocycles. The summed E-state index contributed by atoms with van der Waals surface area (Å²) >= 11 is 0. The fourth-order valence-corrected chi connectivity index (χ4v) is 3.94. The molecule has 2 aliphatic heterocycles. The van der Waals surface area contributed by atoms with Gasteiger partial charge in [0, 0.05) is 24.8 Å². The second kappa shape index (κ2) is 10.9. The number of ether oxygens (including phenoxy) is 1. The molecule has 140 valence electrons. The molecule has 0 bridgehead atoms. The van der Waals surface area contributed by atoms with Gasteiger partial charge in [0.15, 0.2) is 0 Å². The van der Waals surface area contributed by atoms with Gasteiger partial charge in [-0.15, -0.1) is 0 Å². The van der Waals surface area contributed by atoms with Crippen LogP contribution in [0.4, 0.5) is 5.95 Å². The maximum Gasteiger partial charge on any atom is 0.290 e. The molecule has 2 fully saturated rings. The van der Waals surface area contributed by atoms with Crippen LogP contribution in [0.5, 0.6) is 5.88 Å². The third-order valence-electron chi connectivity index (χ3n) is 4.95. The highest BCUT2D eigenvalue weighted by Crippen LogP contribution is 2.32. The topological polar surface area (TPSA) is 87.6 Å². The molecule has 0 aromatic carbocycles. The number of nitrogens with one attached hydrogen (secondary N) is 1. The van der Waals surface area contributed by atoms with E-state index in [0.717, 1.165) is 18.5 Å². The Morgan fingerprint density at radius 2 is 2.16 bits per heavy atom. The van der Waals surface area contributed by atoms with E-state index in [1.165, 1.54) is 51.6 Å². The first-order chi connectivity index (χ1) is 12.3. The van der Waals surface area contributed by atoms with Gasteiger partial charge in [-0.3, -0.25) is 4.79 Å². The third-order valence-corrected chi connectivity index (χ3v) is 4.95. The molecule has 3 rings (SSSR count). The molecule has 1 aromatic heterocycles. The fourth-order valence-electron chi connectivity index (χ4n) is 3.94. The van der Waals surface area contributed by atoms with Crippen LogP contribution in [0.15, 0.2) is 12.3 Å². The van der Waals surface area contributed by atoms with E-state index in [-0.39, 0.29) is 6.47 Å². The van der Waals surface area contributed by atoms with Crippen molar-refractivity contribution < 1.29 is 14.6 Å². The first-order valence-corrected chi connectivity index (χ1v) is 9.30. The number of anilines is 1. The van der Waals surface area contributed by atoms with E-state index in [0.29, 0.717) is 18.4 Å². The number of hydrogen-bond acceptors (Lipinski definition) is 6. The lowest BCUT2D eigenvalue weighted by molar-refractivity contribution is -0.122. The Morgan fingerprint density at radius 1 is 1.36 bits per heavy atom. The van der Waals surface area contributed by atoms with Crippen LogP contribution in [0.25, 0.3) is 0 Å². The highest BCUT2D eigenvalue weighted by molar-refractivity contribution is 5.32. The molecule has 7 heteroatoms. The van der Waals surface area contributed by atoms with Crippen LogP contribution in [0, 0.1) is 5.92 Å². The summed E-state index contributed by atoms with van der Waals surface area (Å²) in [4.78, 5) is 19.7. The van der Waals surface area contributed by atoms with E-state index in [2.05, 4.69) is 20.2 Å². The largest absolute Gasteiger partial charge is 0.483 e. The third kappa shape index (κ3) is 6.16. The van der Waals surface area contributed by atoms with Crippen LogP contribution in [0.3, 0.4) is 0 Å². The quantitative estimate of drug-likeness (QED) is 0.763. The average molecular weight is 350 g/mol. The van der Waals surface area contributed by atoms with Gasteiger partial charge in [-0.05, 0) is 58.0 Å². The minimum Gasteiger partial charge on any atom is -0.483 e. The minimum atomic E-state index is -0.250. The Labute approximate surface area is 149 Å². The molecule has 2 N–H and O–H groups in total. The second-order valence-corrected chi connectivity index (χ2v) is 6.47. The Bertz CT molecular complexity index is 513. The highest BCUT2D eigenvalue weighted by Gasteiger charge is 2.32. The summed E-state index contributed by atoms with van der Waals surface area (Å²) in [5.41, 5.74) is 0. The van der Waals surface area contributed by atoms with Gasteiger partial charge in [0.05, 0.1) is 6.61 Å². The van der Waals surface area contributed by atoms with Crippen molar-refractivity contribution in [1.29, 1.82) is 0 Å². The lowest BCUT2D eigenvalue weighted by Crippen LogP contribution is -2.48. The molecule has 1 aromatic rings. The predicted molar refractivity (Wildman–Crippen MR) is 96.9 cm³/mol. The van der Waals surface area contributed by atoms with Crippen LogP contribution < -0.4 is 10.1 Å². The van der Waals surface area contributed by atoms with Gasteiger partial charge in [-0.25, -0.2) is 4.98 Å². The van der Waals surface area contributed by atoms with E-state index in [4.69, 9.17) is 14.6 Å². The molecule has 0 radical (unpaired) electrons. The van der Waals surface area contributed by atoms with Crippen molar-refractivity contribution in [2.75, 3.05) is 31.6 Å². The maximum atomic E-state index is 8.36. The van der Waals surface area contributed by atoms with E-state index in [9.17, 15) is 0 Å². The van der Waals surface area contributed by atoms with Gasteiger partial charge in [0.25, 0.3) is 6.47 Å². The van der Waals surface area contributed by atoms with Crippen molar-refractivity contribution in [3.05, 3.63) is 12.3 Å². The summed E-state index contributed by atoms with van der Waals surface area (Å²) in [5, 5.41) is 10.3. The highest BCUT2D eigenvalue weighted by atomic mass is 16.5. The fraction of sp³-hybridized carbons (Fsp3) is 0.722. The summed E-state index contributed by atoms with van der Waals surface area (Å²) in [7, 11) is 0. The summed E-state index contributed by atoms with van der Waals surface area (Å²) in [6.45, 7) is 5.93. The van der Waals surface area contributed by atoms with Gasteiger partial charge in [-0.1, -0.05) is 6.42 Å². The summed E-state index contributed by atoms with van der Waals surface area (Å²) in [6.07, 6.45) is 9.89. The molecule has 2 saturated heterocycles. The molecule has 0 spiro atoms. The van der Waals surface area contributed by atoms with Crippen molar-refractivity contribution in [3.63, 3.8) is 0 Å². The molecule has 0 unspecified atom stereocenters. The molecular formula is C18H30N4O3. The SMILES string of the molecule is CCOc1ccnc(NCC[C@@H]2CCCN3CCCC[C@H]23)n1.O=CO. The van der Waals surface area contributed by atoms with Crippen LogP contribution in [0.2, 0.25) is 0 Å². The van der Waals surface area contributed by atoms with Crippen molar-refractivity contribution in [3.8, 4) is 5.88 Å². The maximum absolute atomic E-state index is 8.36. The Morgan fingerprint density at radius 3 is 2.96 bits per heavy atom. The number of hydrogen-bond donors (Lipinski definition) is 2. The zero-order chi connectivity index (χ0) is 17.9. The first-order valence-electron chi connectivity index (χ1n) is 9.30. The normalized spacial score (nSPS) is 22.9. The molecule has 7 nitrogen and oxygen atoms in total. The Hall–Kier alpha value is -1.89. The monoisotopic (exact) mass is 350 g/mol. The van der Waals surface area contributed by atoms with Crippen LogP contribution >= 0.6 is 0 Å². The summed E-state index contributed by atoms with van der Waals surface area (Å²) in [6, 6.07) is 2.62. The Kier molecular flexibility index (Phi) is 8.45. The summed E-state index contributed by atoms with van der Waals surface area (Å²) < 4.78 is 5.42. The number of fused-ring (bicyclic) bond motifs is 1. The number of nitrogens with zero attached hydrogens (tertiary/aromatic N) is 3. The smallest absolute Gasteiger partial charge is 0.290 e. The van der Waals surface area contributed by atoms with Crippen LogP contribution in [-0.4, -0.2) is 58.7 Å². The first kappa shape index (κ1) is 19.4. The van der Waals surface area contributed by atoms with Gasteiger partial charge in [-0.2, -0.15) is 4.98 Å². The molecule has 0 saturated carbocycles. The second-order valence-electron chi connectivity index (χ2n) is 6.47. The summed E-state index contributed by atoms with van der Waals surface area (Å²) in [5.74, 6) is 2.16.